The van der Waals surface area contributed by atoms with Crippen molar-refractivity contribution in [2.45, 2.75) is 51.1 Å². The van der Waals surface area contributed by atoms with E-state index in [-0.39, 0.29) is 5.54 Å². The molecule has 1 unspecified atom stereocenters. The molecule has 1 N–H and O–H groups in total. The van der Waals surface area contributed by atoms with Crippen molar-refractivity contribution in [2.75, 3.05) is 33.4 Å². The van der Waals surface area contributed by atoms with Gasteiger partial charge in [-0.1, -0.05) is 6.92 Å². The molecule has 4 nitrogen and oxygen atoms in total. The lowest BCUT2D eigenvalue weighted by Gasteiger charge is -2.32. The number of rotatable bonds is 7. The summed E-state index contributed by atoms with van der Waals surface area (Å²) in [7, 11) is 2.19. The molecular formula is C14H27N3O. The number of ether oxygens (including phenoxy) is 1. The minimum Gasteiger partial charge on any atom is -0.381 e. The van der Waals surface area contributed by atoms with Gasteiger partial charge in [0.25, 0.3) is 0 Å². The molecular weight excluding hydrogens is 226 g/mol. The van der Waals surface area contributed by atoms with E-state index in [0.717, 1.165) is 52.0 Å². The first-order valence-electron chi connectivity index (χ1n) is 7.05. The number of nitriles is 1. The molecule has 0 aromatic heterocycles. The number of nitrogens with one attached hydrogen (secondary N) is 1. The van der Waals surface area contributed by atoms with Crippen molar-refractivity contribution >= 4 is 0 Å². The zero-order valence-electron chi connectivity index (χ0n) is 12.0. The SMILES string of the molecule is CCNC(C)(C#N)CCCN(C)C1CCOCC1. The largest absolute Gasteiger partial charge is 0.381 e. The molecule has 1 saturated heterocycles. The van der Waals surface area contributed by atoms with Crippen molar-refractivity contribution in [1.29, 1.82) is 5.26 Å². The monoisotopic (exact) mass is 253 g/mol. The topological polar surface area (TPSA) is 48.3 Å². The Morgan fingerprint density at radius 3 is 2.67 bits per heavy atom. The molecule has 1 aliphatic rings. The molecule has 4 heteroatoms. The first-order valence-corrected chi connectivity index (χ1v) is 7.05. The summed E-state index contributed by atoms with van der Waals surface area (Å²) in [6, 6.07) is 3.04. The van der Waals surface area contributed by atoms with Gasteiger partial charge in [-0.15, -0.1) is 0 Å². The summed E-state index contributed by atoms with van der Waals surface area (Å²) in [5.41, 5.74) is -0.370. The minimum atomic E-state index is -0.370. The first kappa shape index (κ1) is 15.4. The van der Waals surface area contributed by atoms with Crippen molar-refractivity contribution in [2.24, 2.45) is 0 Å². The van der Waals surface area contributed by atoms with E-state index in [1.165, 1.54) is 0 Å². The van der Waals surface area contributed by atoms with E-state index in [1.807, 2.05) is 13.8 Å². The molecule has 1 heterocycles. The summed E-state index contributed by atoms with van der Waals surface area (Å²) in [6.45, 7) is 7.73. The lowest BCUT2D eigenvalue weighted by atomic mass is 9.97. The summed E-state index contributed by atoms with van der Waals surface area (Å²) >= 11 is 0. The van der Waals surface area contributed by atoms with Gasteiger partial charge in [-0.25, -0.2) is 0 Å². The molecule has 0 aromatic carbocycles. The molecule has 104 valence electrons. The van der Waals surface area contributed by atoms with Gasteiger partial charge in [0.1, 0.15) is 5.54 Å². The van der Waals surface area contributed by atoms with Crippen LogP contribution in [-0.2, 0) is 4.74 Å². The van der Waals surface area contributed by atoms with Crippen LogP contribution >= 0.6 is 0 Å². The highest BCUT2D eigenvalue weighted by Gasteiger charge is 2.23. The average molecular weight is 253 g/mol. The second-order valence-corrected chi connectivity index (χ2v) is 5.40. The van der Waals surface area contributed by atoms with Crippen molar-refractivity contribution < 1.29 is 4.74 Å². The average Bonchev–Trinajstić information content (AvgIpc) is 2.40. The van der Waals surface area contributed by atoms with Gasteiger partial charge >= 0.3 is 0 Å². The zero-order valence-corrected chi connectivity index (χ0v) is 12.0. The molecule has 0 radical (unpaired) electrons. The van der Waals surface area contributed by atoms with Gasteiger partial charge in [0.2, 0.25) is 0 Å². The molecule has 0 saturated carbocycles. The second-order valence-electron chi connectivity index (χ2n) is 5.40. The predicted molar refractivity (Wildman–Crippen MR) is 73.4 cm³/mol. The molecule has 0 spiro atoms. The standard InChI is InChI=1S/C14H27N3O/c1-4-16-14(2,12-15)8-5-9-17(3)13-6-10-18-11-7-13/h13,16H,4-11H2,1-3H3. The van der Waals surface area contributed by atoms with Crippen LogP contribution in [0.25, 0.3) is 0 Å². The maximum absolute atomic E-state index is 9.19. The molecule has 0 bridgehead atoms. The van der Waals surface area contributed by atoms with E-state index in [0.29, 0.717) is 6.04 Å². The Bertz CT molecular complexity index is 271. The number of hydrogen-bond donors (Lipinski definition) is 1. The van der Waals surface area contributed by atoms with Crippen molar-refractivity contribution in [1.82, 2.24) is 10.2 Å². The van der Waals surface area contributed by atoms with Crippen LogP contribution < -0.4 is 5.32 Å². The van der Waals surface area contributed by atoms with Crippen molar-refractivity contribution in [3.05, 3.63) is 0 Å². The Balaban J connectivity index is 2.25. The first-order chi connectivity index (χ1) is 8.61. The van der Waals surface area contributed by atoms with Gasteiger partial charge in [0.15, 0.2) is 0 Å². The van der Waals surface area contributed by atoms with E-state index in [9.17, 15) is 5.26 Å². The normalized spacial score (nSPS) is 20.6. The highest BCUT2D eigenvalue weighted by molar-refractivity contribution is 5.03. The Kier molecular flexibility index (Phi) is 6.62. The maximum atomic E-state index is 9.19. The molecule has 0 amide bonds. The molecule has 0 aliphatic carbocycles. The third-order valence-corrected chi connectivity index (χ3v) is 3.82. The Morgan fingerprint density at radius 2 is 2.11 bits per heavy atom. The molecule has 18 heavy (non-hydrogen) atoms. The van der Waals surface area contributed by atoms with Gasteiger partial charge in [0.05, 0.1) is 6.07 Å². The van der Waals surface area contributed by atoms with E-state index in [2.05, 4.69) is 23.3 Å². The third kappa shape index (κ3) is 4.93. The van der Waals surface area contributed by atoms with Gasteiger partial charge < -0.3 is 9.64 Å². The van der Waals surface area contributed by atoms with E-state index < -0.39 is 0 Å². The highest BCUT2D eigenvalue weighted by atomic mass is 16.5. The smallest absolute Gasteiger partial charge is 0.103 e. The fourth-order valence-electron chi connectivity index (χ4n) is 2.56. The van der Waals surface area contributed by atoms with Crippen LogP contribution in [0.3, 0.4) is 0 Å². The van der Waals surface area contributed by atoms with Crippen LogP contribution in [0, 0.1) is 11.3 Å². The summed E-state index contributed by atoms with van der Waals surface area (Å²) in [6.07, 6.45) is 4.24. The number of nitrogens with zero attached hydrogens (tertiary/aromatic N) is 2. The van der Waals surface area contributed by atoms with Crippen LogP contribution in [0.15, 0.2) is 0 Å². The lowest BCUT2D eigenvalue weighted by Crippen LogP contribution is -2.42. The Morgan fingerprint density at radius 1 is 1.44 bits per heavy atom. The summed E-state index contributed by atoms with van der Waals surface area (Å²) < 4.78 is 5.38. The quantitative estimate of drug-likeness (QED) is 0.751. The fraction of sp³-hybridized carbons (Fsp3) is 0.929. The van der Waals surface area contributed by atoms with E-state index >= 15 is 0 Å². The molecule has 1 rings (SSSR count). The van der Waals surface area contributed by atoms with Crippen LogP contribution in [0.2, 0.25) is 0 Å². The van der Waals surface area contributed by atoms with Gasteiger partial charge in [-0.05, 0) is 52.7 Å². The maximum Gasteiger partial charge on any atom is 0.103 e. The summed E-state index contributed by atoms with van der Waals surface area (Å²) in [5.74, 6) is 0. The van der Waals surface area contributed by atoms with E-state index in [4.69, 9.17) is 4.74 Å². The van der Waals surface area contributed by atoms with Gasteiger partial charge in [0, 0.05) is 19.3 Å². The van der Waals surface area contributed by atoms with Crippen molar-refractivity contribution in [3.8, 4) is 6.07 Å². The zero-order chi connectivity index (χ0) is 13.4. The molecule has 1 fully saturated rings. The second kappa shape index (κ2) is 7.73. The number of hydrogen-bond acceptors (Lipinski definition) is 4. The van der Waals surface area contributed by atoms with Crippen LogP contribution in [0.4, 0.5) is 0 Å². The van der Waals surface area contributed by atoms with Gasteiger partial charge in [-0.2, -0.15) is 5.26 Å². The summed E-state index contributed by atoms with van der Waals surface area (Å²) in [5, 5.41) is 12.5. The minimum absolute atomic E-state index is 0.370. The lowest BCUT2D eigenvalue weighted by molar-refractivity contribution is 0.0422. The molecule has 1 aliphatic heterocycles. The molecule has 0 aromatic rings. The van der Waals surface area contributed by atoms with Crippen LogP contribution in [-0.4, -0.2) is 49.8 Å². The predicted octanol–water partition coefficient (Wildman–Crippen LogP) is 1.77. The third-order valence-electron chi connectivity index (χ3n) is 3.82. The fourth-order valence-corrected chi connectivity index (χ4v) is 2.56. The highest BCUT2D eigenvalue weighted by Crippen LogP contribution is 2.16. The van der Waals surface area contributed by atoms with Gasteiger partial charge in [-0.3, -0.25) is 5.32 Å². The van der Waals surface area contributed by atoms with E-state index in [1.54, 1.807) is 0 Å². The van der Waals surface area contributed by atoms with Crippen LogP contribution in [0.1, 0.15) is 39.5 Å². The van der Waals surface area contributed by atoms with Crippen molar-refractivity contribution in [3.63, 3.8) is 0 Å². The Hall–Kier alpha value is -0.630. The molecule has 1 atom stereocenters. The Labute approximate surface area is 111 Å². The summed E-state index contributed by atoms with van der Waals surface area (Å²) in [4.78, 5) is 2.42. The van der Waals surface area contributed by atoms with Crippen LogP contribution in [0.5, 0.6) is 0 Å².